The van der Waals surface area contributed by atoms with Crippen molar-refractivity contribution >= 4 is 11.6 Å². The molecule has 1 aliphatic heterocycles. The van der Waals surface area contributed by atoms with E-state index in [1.807, 2.05) is 0 Å². The second-order valence-electron chi connectivity index (χ2n) is 3.43. The lowest BCUT2D eigenvalue weighted by Crippen LogP contribution is -2.18. The molecule has 2 N–H and O–H groups in total. The Bertz CT molecular complexity index is 412. The minimum Gasteiger partial charge on any atom is -0.454 e. The van der Waals surface area contributed by atoms with E-state index in [9.17, 15) is 8.78 Å². The lowest BCUT2D eigenvalue weighted by Gasteiger charge is -2.16. The summed E-state index contributed by atoms with van der Waals surface area (Å²) >= 11 is 5.81. The monoisotopic (exact) mass is 249 g/mol. The third kappa shape index (κ3) is 1.92. The number of benzene rings is 1. The van der Waals surface area contributed by atoms with Crippen LogP contribution in [0.25, 0.3) is 0 Å². The van der Waals surface area contributed by atoms with Gasteiger partial charge in [0.2, 0.25) is 6.79 Å². The number of fused-ring (bicyclic) bond motifs is 1. The molecule has 0 amide bonds. The van der Waals surface area contributed by atoms with Gasteiger partial charge in [-0.05, 0) is 18.7 Å². The van der Waals surface area contributed by atoms with E-state index in [1.54, 1.807) is 0 Å². The topological polar surface area (TPSA) is 44.5 Å². The SMILES string of the molecule is NCCC(F)(F)c1cc(Cl)c2c(c1)OCO2. The molecule has 88 valence electrons. The van der Waals surface area contributed by atoms with Crippen LogP contribution in [0, 0.1) is 0 Å². The number of hydrogen-bond acceptors (Lipinski definition) is 3. The first-order valence-electron chi connectivity index (χ1n) is 4.72. The molecule has 0 bridgehead atoms. The highest BCUT2D eigenvalue weighted by Crippen LogP contribution is 2.44. The van der Waals surface area contributed by atoms with E-state index < -0.39 is 12.3 Å². The smallest absolute Gasteiger partial charge is 0.274 e. The van der Waals surface area contributed by atoms with Gasteiger partial charge >= 0.3 is 0 Å². The van der Waals surface area contributed by atoms with E-state index in [1.165, 1.54) is 12.1 Å². The second kappa shape index (κ2) is 4.07. The summed E-state index contributed by atoms with van der Waals surface area (Å²) in [6.45, 7) is -0.0972. The molecule has 0 unspecified atom stereocenters. The maximum absolute atomic E-state index is 13.6. The van der Waals surface area contributed by atoms with Crippen molar-refractivity contribution in [1.82, 2.24) is 0 Å². The summed E-state index contributed by atoms with van der Waals surface area (Å²) in [5.74, 6) is -2.44. The molecule has 1 aromatic carbocycles. The van der Waals surface area contributed by atoms with Gasteiger partial charge in [-0.1, -0.05) is 11.6 Å². The third-order valence-corrected chi connectivity index (χ3v) is 2.59. The van der Waals surface area contributed by atoms with Crippen LogP contribution >= 0.6 is 11.6 Å². The molecular weight excluding hydrogens is 240 g/mol. The Kier molecular flexibility index (Phi) is 2.90. The Morgan fingerprint density at radius 2 is 2.12 bits per heavy atom. The van der Waals surface area contributed by atoms with Crippen LogP contribution in [-0.2, 0) is 5.92 Å². The van der Waals surface area contributed by atoms with Crippen LogP contribution in [0.1, 0.15) is 12.0 Å². The summed E-state index contributed by atoms with van der Waals surface area (Å²) in [6, 6.07) is 2.43. The van der Waals surface area contributed by atoms with Gasteiger partial charge in [0.1, 0.15) is 0 Å². The highest BCUT2D eigenvalue weighted by Gasteiger charge is 2.33. The first-order valence-corrected chi connectivity index (χ1v) is 5.10. The number of hydrogen-bond donors (Lipinski definition) is 1. The van der Waals surface area contributed by atoms with Crippen molar-refractivity contribution in [3.63, 3.8) is 0 Å². The van der Waals surface area contributed by atoms with Crippen LogP contribution in [0.15, 0.2) is 12.1 Å². The molecule has 0 fully saturated rings. The highest BCUT2D eigenvalue weighted by atomic mass is 35.5. The van der Waals surface area contributed by atoms with Crippen LogP contribution in [0.3, 0.4) is 0 Å². The standard InChI is InChI=1S/C10H10ClF2NO2/c11-7-3-6(10(12,13)1-2-14)4-8-9(7)16-5-15-8/h3-4H,1-2,5,14H2. The molecule has 0 saturated heterocycles. The van der Waals surface area contributed by atoms with E-state index in [2.05, 4.69) is 0 Å². The molecule has 0 spiro atoms. The van der Waals surface area contributed by atoms with Crippen molar-refractivity contribution in [2.24, 2.45) is 5.73 Å². The molecule has 1 aliphatic rings. The minimum atomic E-state index is -3.00. The van der Waals surface area contributed by atoms with Crippen molar-refractivity contribution in [3.05, 3.63) is 22.7 Å². The average Bonchev–Trinajstić information content (AvgIpc) is 2.65. The van der Waals surface area contributed by atoms with Crippen molar-refractivity contribution in [3.8, 4) is 11.5 Å². The first-order chi connectivity index (χ1) is 7.54. The van der Waals surface area contributed by atoms with Crippen molar-refractivity contribution in [2.45, 2.75) is 12.3 Å². The molecule has 0 aliphatic carbocycles. The van der Waals surface area contributed by atoms with Gasteiger partial charge in [0.25, 0.3) is 5.92 Å². The van der Waals surface area contributed by atoms with Gasteiger partial charge in [0.15, 0.2) is 11.5 Å². The van der Waals surface area contributed by atoms with Crippen molar-refractivity contribution < 1.29 is 18.3 Å². The lowest BCUT2D eigenvalue weighted by atomic mass is 10.0. The molecule has 0 saturated carbocycles. The van der Waals surface area contributed by atoms with Crippen LogP contribution in [0.5, 0.6) is 11.5 Å². The summed E-state index contributed by atoms with van der Waals surface area (Å²) in [5.41, 5.74) is 4.93. The Morgan fingerprint density at radius 3 is 2.81 bits per heavy atom. The normalized spacial score (nSPS) is 14.2. The van der Waals surface area contributed by atoms with E-state index in [0.717, 1.165) is 0 Å². The highest BCUT2D eigenvalue weighted by molar-refractivity contribution is 6.32. The van der Waals surface area contributed by atoms with E-state index >= 15 is 0 Å². The zero-order valence-electron chi connectivity index (χ0n) is 8.30. The zero-order valence-corrected chi connectivity index (χ0v) is 9.06. The van der Waals surface area contributed by atoms with Gasteiger partial charge in [0.05, 0.1) is 5.02 Å². The molecule has 6 heteroatoms. The predicted molar refractivity (Wildman–Crippen MR) is 55.1 cm³/mol. The molecule has 0 atom stereocenters. The van der Waals surface area contributed by atoms with Crippen LogP contribution in [0.4, 0.5) is 8.78 Å². The largest absolute Gasteiger partial charge is 0.454 e. The number of alkyl halides is 2. The average molecular weight is 250 g/mol. The molecular formula is C10H10ClF2NO2. The van der Waals surface area contributed by atoms with Gasteiger partial charge in [0, 0.05) is 12.0 Å². The summed E-state index contributed by atoms with van der Waals surface area (Å²) < 4.78 is 37.2. The quantitative estimate of drug-likeness (QED) is 0.895. The molecule has 2 rings (SSSR count). The minimum absolute atomic E-state index is 0.000959. The Hall–Kier alpha value is -1.07. The van der Waals surface area contributed by atoms with E-state index in [-0.39, 0.29) is 29.7 Å². The fourth-order valence-electron chi connectivity index (χ4n) is 1.50. The lowest BCUT2D eigenvalue weighted by molar-refractivity contribution is -0.0108. The Labute approximate surface area is 96.1 Å². The van der Waals surface area contributed by atoms with Gasteiger partial charge in [-0.25, -0.2) is 8.78 Å². The van der Waals surface area contributed by atoms with Gasteiger partial charge < -0.3 is 15.2 Å². The van der Waals surface area contributed by atoms with Gasteiger partial charge in [-0.2, -0.15) is 0 Å². The maximum Gasteiger partial charge on any atom is 0.274 e. The molecule has 1 aromatic rings. The predicted octanol–water partition coefficient (Wildman–Crippen LogP) is 2.51. The van der Waals surface area contributed by atoms with Crippen molar-refractivity contribution in [2.75, 3.05) is 13.3 Å². The second-order valence-corrected chi connectivity index (χ2v) is 3.84. The van der Waals surface area contributed by atoms with Gasteiger partial charge in [-0.15, -0.1) is 0 Å². The number of nitrogens with two attached hydrogens (primary N) is 1. The molecule has 0 radical (unpaired) electrons. The van der Waals surface area contributed by atoms with E-state index in [4.69, 9.17) is 26.8 Å². The van der Waals surface area contributed by atoms with E-state index in [0.29, 0.717) is 5.75 Å². The maximum atomic E-state index is 13.6. The van der Waals surface area contributed by atoms with Crippen LogP contribution < -0.4 is 15.2 Å². The molecule has 16 heavy (non-hydrogen) atoms. The summed E-state index contributed by atoms with van der Waals surface area (Å²) in [5, 5.41) is 0.127. The fraction of sp³-hybridized carbons (Fsp3) is 0.400. The summed E-state index contributed by atoms with van der Waals surface area (Å²) in [6.07, 6.45) is -0.428. The third-order valence-electron chi connectivity index (χ3n) is 2.31. The van der Waals surface area contributed by atoms with Crippen LogP contribution in [0.2, 0.25) is 5.02 Å². The Morgan fingerprint density at radius 1 is 1.38 bits per heavy atom. The number of ether oxygens (including phenoxy) is 2. The molecule has 0 aromatic heterocycles. The van der Waals surface area contributed by atoms with Crippen molar-refractivity contribution in [1.29, 1.82) is 0 Å². The summed E-state index contributed by atoms with van der Waals surface area (Å²) in [4.78, 5) is 0. The number of rotatable bonds is 3. The zero-order chi connectivity index (χ0) is 11.8. The fourth-order valence-corrected chi connectivity index (χ4v) is 1.77. The Balaban J connectivity index is 2.40. The first kappa shape index (κ1) is 11.4. The summed E-state index contributed by atoms with van der Waals surface area (Å²) in [7, 11) is 0. The number of halogens is 3. The molecule has 1 heterocycles. The van der Waals surface area contributed by atoms with Gasteiger partial charge in [-0.3, -0.25) is 0 Å². The molecule has 3 nitrogen and oxygen atoms in total. The van der Waals surface area contributed by atoms with Crippen LogP contribution in [-0.4, -0.2) is 13.3 Å².